The molecule has 0 bridgehead atoms. The third-order valence-corrected chi connectivity index (χ3v) is 3.00. The Bertz CT molecular complexity index is 446. The lowest BCUT2D eigenvalue weighted by Crippen LogP contribution is -2.51. The molecular weight excluding hydrogens is 254 g/mol. The molecule has 0 unspecified atom stereocenters. The van der Waals surface area contributed by atoms with Crippen molar-refractivity contribution in [2.24, 2.45) is 17.4 Å². The molecule has 20 heavy (non-hydrogen) atoms. The molecule has 0 aliphatic carbocycles. The van der Waals surface area contributed by atoms with Crippen molar-refractivity contribution in [2.75, 3.05) is 0 Å². The van der Waals surface area contributed by atoms with Crippen molar-refractivity contribution in [1.29, 1.82) is 0 Å². The van der Waals surface area contributed by atoms with Gasteiger partial charge in [-0.1, -0.05) is 44.2 Å². The minimum atomic E-state index is -0.733. The number of amides is 2. The summed E-state index contributed by atoms with van der Waals surface area (Å²) in [5.41, 5.74) is 12.1. The van der Waals surface area contributed by atoms with Crippen LogP contribution in [0.25, 0.3) is 0 Å². The van der Waals surface area contributed by atoms with Crippen LogP contribution in [-0.2, 0) is 16.0 Å². The van der Waals surface area contributed by atoms with E-state index in [0.717, 1.165) is 5.56 Å². The molecule has 110 valence electrons. The first kappa shape index (κ1) is 16.2. The molecule has 1 aromatic rings. The number of carbonyl (C=O) groups excluding carboxylic acids is 2. The molecule has 1 aromatic carbocycles. The number of nitrogens with one attached hydrogen (secondary N) is 1. The van der Waals surface area contributed by atoms with Gasteiger partial charge in [-0.15, -0.1) is 0 Å². The summed E-state index contributed by atoms with van der Waals surface area (Å²) >= 11 is 0. The Balaban J connectivity index is 2.64. The van der Waals surface area contributed by atoms with Crippen LogP contribution in [0.15, 0.2) is 30.3 Å². The molecule has 2 atom stereocenters. The van der Waals surface area contributed by atoms with Crippen molar-refractivity contribution in [3.63, 3.8) is 0 Å². The minimum Gasteiger partial charge on any atom is -0.368 e. The first-order chi connectivity index (χ1) is 9.40. The summed E-state index contributed by atoms with van der Waals surface area (Å²) in [6, 6.07) is 8.06. The lowest BCUT2D eigenvalue weighted by Gasteiger charge is -2.19. The summed E-state index contributed by atoms with van der Waals surface area (Å²) in [5.74, 6) is -0.575. The molecule has 2 amide bonds. The van der Waals surface area contributed by atoms with Crippen LogP contribution in [0, 0.1) is 5.92 Å². The molecule has 5 heteroatoms. The van der Waals surface area contributed by atoms with Gasteiger partial charge < -0.3 is 16.8 Å². The molecule has 0 aliphatic rings. The highest BCUT2D eigenvalue weighted by atomic mass is 16.2. The molecule has 0 aliphatic heterocycles. The fraction of sp³-hybridized carbons (Fsp3) is 0.467. The Morgan fingerprint density at radius 3 is 2.30 bits per heavy atom. The van der Waals surface area contributed by atoms with Gasteiger partial charge in [0, 0.05) is 6.42 Å². The second kappa shape index (κ2) is 7.65. The van der Waals surface area contributed by atoms with Gasteiger partial charge in [-0.05, 0) is 17.9 Å². The normalized spacial score (nSPS) is 13.8. The summed E-state index contributed by atoms with van der Waals surface area (Å²) < 4.78 is 0. The largest absolute Gasteiger partial charge is 0.368 e. The lowest BCUT2D eigenvalue weighted by atomic mass is 10.0. The maximum absolute atomic E-state index is 11.9. The van der Waals surface area contributed by atoms with Crippen LogP contribution in [0.3, 0.4) is 0 Å². The second-order valence-corrected chi connectivity index (χ2v) is 5.39. The number of nitrogens with two attached hydrogens (primary N) is 2. The van der Waals surface area contributed by atoms with Crippen LogP contribution >= 0.6 is 0 Å². The van der Waals surface area contributed by atoms with Gasteiger partial charge in [-0.2, -0.15) is 0 Å². The molecule has 5 nitrogen and oxygen atoms in total. The van der Waals surface area contributed by atoms with E-state index in [0.29, 0.717) is 18.8 Å². The van der Waals surface area contributed by atoms with E-state index in [4.69, 9.17) is 11.5 Å². The van der Waals surface area contributed by atoms with Gasteiger partial charge in [-0.25, -0.2) is 0 Å². The predicted octanol–water partition coefficient (Wildman–Crippen LogP) is 0.573. The topological polar surface area (TPSA) is 98.2 Å². The maximum atomic E-state index is 11.9. The third kappa shape index (κ3) is 5.40. The highest BCUT2D eigenvalue weighted by molar-refractivity contribution is 5.89. The number of carbonyl (C=O) groups is 2. The molecule has 0 heterocycles. The van der Waals surface area contributed by atoms with Crippen molar-refractivity contribution in [3.05, 3.63) is 35.9 Å². The lowest BCUT2D eigenvalue weighted by molar-refractivity contribution is -0.128. The molecule has 0 fully saturated rings. The molecule has 0 saturated carbocycles. The Morgan fingerprint density at radius 1 is 1.20 bits per heavy atom. The quantitative estimate of drug-likeness (QED) is 0.679. The van der Waals surface area contributed by atoms with Gasteiger partial charge in [-0.3, -0.25) is 9.59 Å². The van der Waals surface area contributed by atoms with E-state index in [-0.39, 0.29) is 5.91 Å². The minimum absolute atomic E-state index is 0.317. The van der Waals surface area contributed by atoms with Crippen LogP contribution < -0.4 is 16.8 Å². The first-order valence-electron chi connectivity index (χ1n) is 6.79. The maximum Gasteiger partial charge on any atom is 0.240 e. The molecule has 0 saturated heterocycles. The fourth-order valence-corrected chi connectivity index (χ4v) is 1.97. The van der Waals surface area contributed by atoms with E-state index < -0.39 is 18.0 Å². The van der Waals surface area contributed by atoms with Crippen LogP contribution in [-0.4, -0.2) is 23.9 Å². The number of benzene rings is 1. The molecule has 1 rings (SSSR count). The number of primary amides is 1. The third-order valence-electron chi connectivity index (χ3n) is 3.00. The first-order valence-corrected chi connectivity index (χ1v) is 6.79. The summed E-state index contributed by atoms with van der Waals surface area (Å²) in [7, 11) is 0. The Hall–Kier alpha value is -1.88. The van der Waals surface area contributed by atoms with Crippen molar-refractivity contribution in [3.8, 4) is 0 Å². The SMILES string of the molecule is CC(C)C[C@H](N)C(=O)N[C@@H](Cc1ccccc1)C(N)=O. The average molecular weight is 277 g/mol. The van der Waals surface area contributed by atoms with E-state index in [1.54, 1.807) is 0 Å². The zero-order valence-corrected chi connectivity index (χ0v) is 12.0. The van der Waals surface area contributed by atoms with Gasteiger partial charge in [0.15, 0.2) is 0 Å². The second-order valence-electron chi connectivity index (χ2n) is 5.39. The number of rotatable bonds is 7. The van der Waals surface area contributed by atoms with Crippen LogP contribution in [0.1, 0.15) is 25.8 Å². The Morgan fingerprint density at radius 2 is 1.80 bits per heavy atom. The van der Waals surface area contributed by atoms with Gasteiger partial charge in [0.2, 0.25) is 11.8 Å². The molecule has 0 aromatic heterocycles. The summed E-state index contributed by atoms with van der Waals surface area (Å²) in [4.78, 5) is 23.4. The number of hydrogen-bond donors (Lipinski definition) is 3. The van der Waals surface area contributed by atoms with Gasteiger partial charge in [0.25, 0.3) is 0 Å². The molecule has 0 spiro atoms. The fourth-order valence-electron chi connectivity index (χ4n) is 1.97. The van der Waals surface area contributed by atoms with Crippen LogP contribution in [0.5, 0.6) is 0 Å². The summed E-state index contributed by atoms with van der Waals surface area (Å²) in [6.45, 7) is 3.98. The highest BCUT2D eigenvalue weighted by Crippen LogP contribution is 2.05. The predicted molar refractivity (Wildman–Crippen MR) is 78.7 cm³/mol. The van der Waals surface area contributed by atoms with Gasteiger partial charge >= 0.3 is 0 Å². The molecule has 0 radical (unpaired) electrons. The van der Waals surface area contributed by atoms with Crippen molar-refractivity contribution < 1.29 is 9.59 Å². The van der Waals surface area contributed by atoms with E-state index in [1.165, 1.54) is 0 Å². The summed E-state index contributed by atoms with van der Waals surface area (Å²) in [5, 5.41) is 2.63. The Labute approximate surface area is 119 Å². The van der Waals surface area contributed by atoms with Crippen molar-refractivity contribution in [1.82, 2.24) is 5.32 Å². The molecular formula is C15H23N3O2. The van der Waals surface area contributed by atoms with Crippen LogP contribution in [0.4, 0.5) is 0 Å². The van der Waals surface area contributed by atoms with E-state index in [1.807, 2.05) is 44.2 Å². The van der Waals surface area contributed by atoms with E-state index in [2.05, 4.69) is 5.32 Å². The zero-order valence-electron chi connectivity index (χ0n) is 12.0. The molecule has 5 N–H and O–H groups in total. The highest BCUT2D eigenvalue weighted by Gasteiger charge is 2.22. The van der Waals surface area contributed by atoms with Gasteiger partial charge in [0.05, 0.1) is 6.04 Å². The van der Waals surface area contributed by atoms with Crippen molar-refractivity contribution in [2.45, 2.75) is 38.8 Å². The Kier molecular flexibility index (Phi) is 6.18. The van der Waals surface area contributed by atoms with E-state index >= 15 is 0 Å². The summed E-state index contributed by atoms with van der Waals surface area (Å²) in [6.07, 6.45) is 0.943. The van der Waals surface area contributed by atoms with Crippen molar-refractivity contribution >= 4 is 11.8 Å². The van der Waals surface area contributed by atoms with Crippen LogP contribution in [0.2, 0.25) is 0 Å². The average Bonchev–Trinajstić information content (AvgIpc) is 2.38. The zero-order chi connectivity index (χ0) is 15.1. The standard InChI is InChI=1S/C15H23N3O2/c1-10(2)8-12(16)15(20)18-13(14(17)19)9-11-6-4-3-5-7-11/h3-7,10,12-13H,8-9,16H2,1-2H3,(H2,17,19)(H,18,20)/t12-,13-/m0/s1. The smallest absolute Gasteiger partial charge is 0.240 e. The van der Waals surface area contributed by atoms with E-state index in [9.17, 15) is 9.59 Å². The monoisotopic (exact) mass is 277 g/mol. The number of hydrogen-bond acceptors (Lipinski definition) is 3. The van der Waals surface area contributed by atoms with Gasteiger partial charge in [0.1, 0.15) is 6.04 Å².